The minimum Gasteiger partial charge on any atom is -0.477 e. The van der Waals surface area contributed by atoms with Gasteiger partial charge in [0.05, 0.1) is 37.4 Å². The van der Waals surface area contributed by atoms with Gasteiger partial charge in [-0.25, -0.2) is 4.79 Å². The third-order valence-corrected chi connectivity index (χ3v) is 8.74. The van der Waals surface area contributed by atoms with Gasteiger partial charge in [0.25, 0.3) is 0 Å². The fraction of sp³-hybridized carbons (Fsp3) is 0.405. The lowest BCUT2D eigenvalue weighted by atomic mass is 9.97. The summed E-state index contributed by atoms with van der Waals surface area (Å²) in [6.45, 7) is 12.9. The lowest BCUT2D eigenvalue weighted by molar-refractivity contribution is -0.141. The Morgan fingerprint density at radius 2 is 1.43 bits per heavy atom. The summed E-state index contributed by atoms with van der Waals surface area (Å²) in [5, 5.41) is 9.92. The van der Waals surface area contributed by atoms with Crippen LogP contribution in [0.1, 0.15) is 97.3 Å². The molecule has 2 aromatic rings. The van der Waals surface area contributed by atoms with Crippen LogP contribution >= 0.6 is 0 Å². The van der Waals surface area contributed by atoms with Crippen molar-refractivity contribution in [2.45, 2.75) is 80.6 Å². The van der Waals surface area contributed by atoms with E-state index in [2.05, 4.69) is 15.0 Å². The molecule has 12 heteroatoms. The third-order valence-electron chi connectivity index (χ3n) is 8.74. The number of nitrogens with one attached hydrogen (secondary N) is 2. The van der Waals surface area contributed by atoms with E-state index in [-0.39, 0.29) is 37.7 Å². The van der Waals surface area contributed by atoms with E-state index in [4.69, 9.17) is 19.2 Å². The number of carbonyl (C=O) groups excluding carboxylic acids is 3. The second-order valence-electron chi connectivity index (χ2n) is 12.2. The Kier molecular flexibility index (Phi) is 11.8. The quantitative estimate of drug-likeness (QED) is 0.163. The van der Waals surface area contributed by atoms with Gasteiger partial charge >= 0.3 is 23.9 Å². The second-order valence-corrected chi connectivity index (χ2v) is 12.2. The average molecular weight is 673 g/mol. The molecule has 2 aliphatic heterocycles. The van der Waals surface area contributed by atoms with Crippen molar-refractivity contribution < 1.29 is 38.5 Å². The van der Waals surface area contributed by atoms with Crippen LogP contribution < -0.4 is 0 Å². The predicted octanol–water partition coefficient (Wildman–Crippen LogP) is 5.94. The number of allylic oxidation sites excluding steroid dienone is 4. The molecule has 3 N–H and O–H groups in total. The largest absolute Gasteiger partial charge is 0.477 e. The number of hydrogen-bond donors (Lipinski definition) is 3. The molecule has 0 bridgehead atoms. The molecular formula is C37H44N4O8. The Labute approximate surface area is 285 Å². The molecule has 12 nitrogen and oxygen atoms in total. The van der Waals surface area contributed by atoms with E-state index in [0.717, 1.165) is 56.4 Å². The van der Waals surface area contributed by atoms with Gasteiger partial charge in [-0.05, 0) is 98.2 Å². The van der Waals surface area contributed by atoms with Crippen molar-refractivity contribution in [3.05, 3.63) is 79.2 Å². The molecule has 0 radical (unpaired) electrons. The van der Waals surface area contributed by atoms with Gasteiger partial charge in [0.1, 0.15) is 5.69 Å². The highest BCUT2D eigenvalue weighted by molar-refractivity contribution is 6.06. The molecule has 0 spiro atoms. The molecular weight excluding hydrogens is 628 g/mol. The zero-order valence-corrected chi connectivity index (χ0v) is 29.4. The highest BCUT2D eigenvalue weighted by Gasteiger charge is 2.26. The fourth-order valence-corrected chi connectivity index (χ4v) is 6.13. The Morgan fingerprint density at radius 1 is 0.816 bits per heavy atom. The van der Waals surface area contributed by atoms with Crippen molar-refractivity contribution in [2.24, 2.45) is 9.98 Å². The van der Waals surface area contributed by atoms with E-state index < -0.39 is 17.9 Å². The monoisotopic (exact) mass is 672 g/mol. The van der Waals surface area contributed by atoms with Crippen LogP contribution in [0.25, 0.3) is 12.2 Å². The maximum Gasteiger partial charge on any atom is 0.352 e. The van der Waals surface area contributed by atoms with E-state index in [1.165, 1.54) is 21.0 Å². The highest BCUT2D eigenvalue weighted by atomic mass is 16.5. The number of ether oxygens (including phenoxy) is 3. The molecule has 4 rings (SSSR count). The van der Waals surface area contributed by atoms with E-state index in [9.17, 15) is 24.3 Å². The minimum atomic E-state index is -1.14. The van der Waals surface area contributed by atoms with E-state index in [0.29, 0.717) is 41.8 Å². The Bertz CT molecular complexity index is 1880. The van der Waals surface area contributed by atoms with Gasteiger partial charge in [-0.15, -0.1) is 0 Å². The number of esters is 3. The van der Waals surface area contributed by atoms with Gasteiger partial charge in [-0.3, -0.25) is 24.4 Å². The van der Waals surface area contributed by atoms with Crippen molar-refractivity contribution in [2.75, 3.05) is 20.3 Å². The number of carboxylic acid groups (broad SMARTS) is 1. The summed E-state index contributed by atoms with van der Waals surface area (Å²) < 4.78 is 15.3. The summed E-state index contributed by atoms with van der Waals surface area (Å²) >= 11 is 0. The first kappa shape index (κ1) is 36.6. The summed E-state index contributed by atoms with van der Waals surface area (Å²) in [6, 6.07) is 0. The van der Waals surface area contributed by atoms with E-state index in [1.807, 2.05) is 39.8 Å². The number of aromatic carboxylic acids is 1. The summed E-state index contributed by atoms with van der Waals surface area (Å²) in [7, 11) is 1.29. The molecule has 0 saturated heterocycles. The van der Waals surface area contributed by atoms with Gasteiger partial charge in [-0.1, -0.05) is 0 Å². The van der Waals surface area contributed by atoms with Crippen LogP contribution in [0.15, 0.2) is 44.2 Å². The van der Waals surface area contributed by atoms with E-state index >= 15 is 0 Å². The maximum atomic E-state index is 12.1. The summed E-state index contributed by atoms with van der Waals surface area (Å²) in [6.07, 6.45) is 7.43. The van der Waals surface area contributed by atoms with Crippen molar-refractivity contribution >= 4 is 47.5 Å². The Hall–Kier alpha value is -5.26. The topological polar surface area (TPSA) is 172 Å². The number of aromatic nitrogens is 2. The predicted molar refractivity (Wildman–Crippen MR) is 187 cm³/mol. The summed E-state index contributed by atoms with van der Waals surface area (Å²) in [5.74, 6) is -2.31. The molecule has 0 saturated carbocycles. The number of hydrogen-bond acceptors (Lipinski definition) is 9. The van der Waals surface area contributed by atoms with Crippen molar-refractivity contribution in [1.29, 1.82) is 0 Å². The lowest BCUT2D eigenvalue weighted by Gasteiger charge is -2.08. The van der Waals surface area contributed by atoms with Gasteiger partial charge in [0, 0.05) is 62.3 Å². The SMILES string of the molecule is COC(=O)CCc1c(C(=O)O)[nH]c(/C=C2\N=C(Cc3[nH]c(/C=C4\N=C(C)C=C4C)c(C)c3CCOC(C)=O)C(C)=C2CCOC(C)=O)c1C. The molecule has 0 fully saturated rings. The molecule has 0 unspecified atom stereocenters. The normalized spacial score (nSPS) is 15.9. The van der Waals surface area contributed by atoms with Crippen molar-refractivity contribution in [1.82, 2.24) is 9.97 Å². The fourth-order valence-electron chi connectivity index (χ4n) is 6.13. The number of carbonyl (C=O) groups is 4. The number of nitrogens with zero attached hydrogens (tertiary/aromatic N) is 2. The second kappa shape index (κ2) is 15.8. The average Bonchev–Trinajstić information content (AvgIpc) is 3.71. The standard InChI is InChI=1S/C37H44N4O8/c1-19-15-20(2)38-29(19)16-30-21(3)26(11-13-48-24(6)42)33(39-30)17-31-22(4)27(12-14-49-25(7)43)34(40-31)18-32-23(5)28(9-10-35(44)47-8)36(41-32)37(45)46/h15-16,18,39,41H,9-14,17H2,1-8H3,(H,45,46)/b29-16-,34-18-. The summed E-state index contributed by atoms with van der Waals surface area (Å²) in [4.78, 5) is 63.4. The minimum absolute atomic E-state index is 0.00502. The molecule has 0 amide bonds. The van der Waals surface area contributed by atoms with Crippen molar-refractivity contribution in [3.8, 4) is 0 Å². The lowest BCUT2D eigenvalue weighted by Crippen LogP contribution is -2.09. The number of rotatable bonds is 14. The molecule has 49 heavy (non-hydrogen) atoms. The van der Waals surface area contributed by atoms with Crippen LogP contribution in [0.4, 0.5) is 0 Å². The van der Waals surface area contributed by atoms with Gasteiger partial charge < -0.3 is 29.3 Å². The van der Waals surface area contributed by atoms with Gasteiger partial charge in [0.2, 0.25) is 0 Å². The van der Waals surface area contributed by atoms with Crippen molar-refractivity contribution in [3.63, 3.8) is 0 Å². The molecule has 2 aliphatic rings. The van der Waals surface area contributed by atoms with E-state index in [1.54, 1.807) is 13.0 Å². The first-order valence-corrected chi connectivity index (χ1v) is 16.1. The smallest absolute Gasteiger partial charge is 0.352 e. The number of carboxylic acids is 1. The molecule has 0 aromatic carbocycles. The third kappa shape index (κ3) is 8.81. The number of aliphatic imine (C=N–C) groups is 2. The highest BCUT2D eigenvalue weighted by Crippen LogP contribution is 2.34. The Balaban J connectivity index is 1.77. The number of methoxy groups -OCH3 is 1. The first-order chi connectivity index (χ1) is 23.2. The molecule has 0 aliphatic carbocycles. The van der Waals surface area contributed by atoms with Gasteiger partial charge in [0.15, 0.2) is 0 Å². The molecule has 4 heterocycles. The zero-order valence-electron chi connectivity index (χ0n) is 29.4. The van der Waals surface area contributed by atoms with Crippen LogP contribution in [0, 0.1) is 13.8 Å². The summed E-state index contributed by atoms with van der Waals surface area (Å²) in [5.41, 5.74) is 11.7. The van der Waals surface area contributed by atoms with Crippen LogP contribution in [0.5, 0.6) is 0 Å². The molecule has 0 atom stereocenters. The van der Waals surface area contributed by atoms with Crippen LogP contribution in [0.2, 0.25) is 0 Å². The maximum absolute atomic E-state index is 12.1. The molecule has 260 valence electrons. The van der Waals surface area contributed by atoms with Gasteiger partial charge in [-0.2, -0.15) is 0 Å². The zero-order chi connectivity index (χ0) is 36.0. The van der Waals surface area contributed by atoms with Crippen LogP contribution in [-0.4, -0.2) is 70.7 Å². The molecule has 2 aromatic heterocycles. The van der Waals surface area contributed by atoms with Crippen LogP contribution in [-0.2, 0) is 47.9 Å². The van der Waals surface area contributed by atoms with Crippen LogP contribution in [0.3, 0.4) is 0 Å². The first-order valence-electron chi connectivity index (χ1n) is 16.1. The Morgan fingerprint density at radius 3 is 2.02 bits per heavy atom. The number of H-pyrrole nitrogens is 2. The number of aromatic amines is 2.